The SMILES string of the molecule is CCCCCCC/C=C\C/C=C\C/C=C\CCCCCCCCCCCCC(=O)OCC(COC(=O)CCCCCCC)OC(=O)CCCCCCC/C=C\CCCCCCCC. The van der Waals surface area contributed by atoms with Crippen LogP contribution in [0, 0.1) is 0 Å². The Morgan fingerprint density at radius 2 is 0.571 bits per heavy atom. The Hall–Kier alpha value is -2.63. The Balaban J connectivity index is 4.09. The fraction of sp³-hybridized carbons (Fsp3) is 0.807. The third kappa shape index (κ3) is 50.2. The van der Waals surface area contributed by atoms with E-state index in [0.717, 1.165) is 83.5 Å². The molecule has 0 bridgehead atoms. The van der Waals surface area contributed by atoms with Crippen molar-refractivity contribution in [3.8, 4) is 0 Å². The maximum absolute atomic E-state index is 12.7. The van der Waals surface area contributed by atoms with Gasteiger partial charge in [-0.2, -0.15) is 0 Å². The summed E-state index contributed by atoms with van der Waals surface area (Å²) in [5.41, 5.74) is 0. The number of carbonyl (C=O) groups excluding carboxylic acids is 3. The van der Waals surface area contributed by atoms with Gasteiger partial charge < -0.3 is 14.2 Å². The molecule has 6 heteroatoms. The molecule has 0 saturated heterocycles. The van der Waals surface area contributed by atoms with Crippen LogP contribution in [0.25, 0.3) is 0 Å². The maximum atomic E-state index is 12.7. The summed E-state index contributed by atoms with van der Waals surface area (Å²) in [4.78, 5) is 37.7. The minimum atomic E-state index is -0.774. The molecule has 6 nitrogen and oxygen atoms in total. The van der Waals surface area contributed by atoms with Crippen molar-refractivity contribution in [1.82, 2.24) is 0 Å². The lowest BCUT2D eigenvalue weighted by Crippen LogP contribution is -2.30. The molecule has 0 rings (SSSR count). The van der Waals surface area contributed by atoms with E-state index in [-0.39, 0.29) is 31.1 Å². The molecule has 1 atom stereocenters. The van der Waals surface area contributed by atoms with Gasteiger partial charge in [-0.1, -0.05) is 223 Å². The third-order valence-corrected chi connectivity index (χ3v) is 11.8. The van der Waals surface area contributed by atoms with Crippen LogP contribution in [0.4, 0.5) is 0 Å². The molecule has 1 unspecified atom stereocenters. The van der Waals surface area contributed by atoms with Crippen molar-refractivity contribution >= 4 is 17.9 Å². The van der Waals surface area contributed by atoms with Crippen LogP contribution in [-0.2, 0) is 28.6 Å². The number of unbranched alkanes of at least 4 members (excludes halogenated alkanes) is 30. The van der Waals surface area contributed by atoms with E-state index in [1.807, 2.05) is 0 Å². The first-order chi connectivity index (χ1) is 31.0. The smallest absolute Gasteiger partial charge is 0.306 e. The lowest BCUT2D eigenvalue weighted by Gasteiger charge is -2.18. The first kappa shape index (κ1) is 60.4. The van der Waals surface area contributed by atoms with Gasteiger partial charge in [-0.05, 0) is 83.5 Å². The van der Waals surface area contributed by atoms with Gasteiger partial charge in [0.15, 0.2) is 6.10 Å². The maximum Gasteiger partial charge on any atom is 0.306 e. The highest BCUT2D eigenvalue weighted by molar-refractivity contribution is 5.71. The summed E-state index contributed by atoms with van der Waals surface area (Å²) in [6.45, 7) is 6.54. The average molecular weight is 883 g/mol. The molecule has 0 aromatic carbocycles. The van der Waals surface area contributed by atoms with E-state index in [1.165, 1.54) is 154 Å². The molecule has 0 aliphatic carbocycles. The number of rotatable bonds is 49. The summed E-state index contributed by atoms with van der Waals surface area (Å²) in [5, 5.41) is 0. The second-order valence-electron chi connectivity index (χ2n) is 18.1. The molecule has 0 amide bonds. The molecule has 0 spiro atoms. The van der Waals surface area contributed by atoms with E-state index >= 15 is 0 Å². The van der Waals surface area contributed by atoms with Gasteiger partial charge in [0.25, 0.3) is 0 Å². The summed E-state index contributed by atoms with van der Waals surface area (Å²) in [6.07, 6.45) is 62.8. The van der Waals surface area contributed by atoms with Crippen molar-refractivity contribution in [1.29, 1.82) is 0 Å². The zero-order valence-electron chi connectivity index (χ0n) is 41.8. The highest BCUT2D eigenvalue weighted by Crippen LogP contribution is 2.15. The molecular weight excluding hydrogens is 781 g/mol. The van der Waals surface area contributed by atoms with Gasteiger partial charge in [0.05, 0.1) is 0 Å². The first-order valence-corrected chi connectivity index (χ1v) is 27.1. The average Bonchev–Trinajstić information content (AvgIpc) is 3.28. The molecule has 0 aromatic heterocycles. The number of allylic oxidation sites excluding steroid dienone is 8. The molecule has 0 heterocycles. The molecule has 0 fully saturated rings. The second-order valence-corrected chi connectivity index (χ2v) is 18.1. The molecule has 366 valence electrons. The molecule has 63 heavy (non-hydrogen) atoms. The Morgan fingerprint density at radius 1 is 0.317 bits per heavy atom. The molecule has 0 radical (unpaired) electrons. The molecular formula is C57H102O6. The van der Waals surface area contributed by atoms with Gasteiger partial charge in [-0.25, -0.2) is 0 Å². The fourth-order valence-corrected chi connectivity index (χ4v) is 7.68. The van der Waals surface area contributed by atoms with Gasteiger partial charge in [0, 0.05) is 19.3 Å². The molecule has 0 aliphatic heterocycles. The molecule has 0 aliphatic rings. The van der Waals surface area contributed by atoms with E-state index in [1.54, 1.807) is 0 Å². The van der Waals surface area contributed by atoms with E-state index in [2.05, 4.69) is 69.4 Å². The highest BCUT2D eigenvalue weighted by Gasteiger charge is 2.19. The van der Waals surface area contributed by atoms with Crippen molar-refractivity contribution in [3.63, 3.8) is 0 Å². The van der Waals surface area contributed by atoms with Gasteiger partial charge in [-0.15, -0.1) is 0 Å². The predicted molar refractivity (Wildman–Crippen MR) is 270 cm³/mol. The summed E-state index contributed by atoms with van der Waals surface area (Å²) in [7, 11) is 0. The van der Waals surface area contributed by atoms with Gasteiger partial charge in [-0.3, -0.25) is 14.4 Å². The summed E-state index contributed by atoms with van der Waals surface area (Å²) in [6, 6.07) is 0. The van der Waals surface area contributed by atoms with E-state index in [4.69, 9.17) is 14.2 Å². The topological polar surface area (TPSA) is 78.9 Å². The lowest BCUT2D eigenvalue weighted by molar-refractivity contribution is -0.167. The van der Waals surface area contributed by atoms with Crippen molar-refractivity contribution in [2.24, 2.45) is 0 Å². The van der Waals surface area contributed by atoms with Crippen LogP contribution in [0.15, 0.2) is 48.6 Å². The predicted octanol–water partition coefficient (Wildman–Crippen LogP) is 17.9. The van der Waals surface area contributed by atoms with Crippen molar-refractivity contribution in [2.45, 2.75) is 284 Å². The molecule has 0 aromatic rings. The van der Waals surface area contributed by atoms with Gasteiger partial charge in [0.2, 0.25) is 0 Å². The van der Waals surface area contributed by atoms with E-state index < -0.39 is 6.10 Å². The Morgan fingerprint density at radius 3 is 0.905 bits per heavy atom. The van der Waals surface area contributed by atoms with Crippen LogP contribution >= 0.6 is 0 Å². The second kappa shape index (κ2) is 52.0. The Kier molecular flexibility index (Phi) is 49.8. The number of hydrogen-bond donors (Lipinski definition) is 0. The van der Waals surface area contributed by atoms with Crippen LogP contribution in [0.2, 0.25) is 0 Å². The normalized spacial score (nSPS) is 12.4. The van der Waals surface area contributed by atoms with Crippen LogP contribution < -0.4 is 0 Å². The first-order valence-electron chi connectivity index (χ1n) is 27.1. The standard InChI is InChI=1S/C57H102O6/c1-4-7-10-13-15-17-19-21-23-24-25-26-27-28-29-30-31-32-34-35-37-39-41-44-47-50-56(59)62-53-54(52-61-55(58)49-46-43-12-9-6-3)63-57(60)51-48-45-42-40-38-36-33-22-20-18-16-14-11-8-5-2/h19,21-22,24-25,27-28,33,54H,4-18,20,23,26,29-32,34-53H2,1-3H3/b21-19-,25-24-,28-27-,33-22-. The Labute approximate surface area is 390 Å². The largest absolute Gasteiger partial charge is 0.462 e. The number of carbonyl (C=O) groups is 3. The quantitative estimate of drug-likeness (QED) is 0.0262. The van der Waals surface area contributed by atoms with Crippen LogP contribution in [0.5, 0.6) is 0 Å². The van der Waals surface area contributed by atoms with Crippen LogP contribution in [-0.4, -0.2) is 37.2 Å². The minimum Gasteiger partial charge on any atom is -0.462 e. The van der Waals surface area contributed by atoms with Crippen LogP contribution in [0.1, 0.15) is 278 Å². The molecule has 0 saturated carbocycles. The Bertz CT molecular complexity index is 1110. The van der Waals surface area contributed by atoms with Crippen molar-refractivity contribution < 1.29 is 28.6 Å². The van der Waals surface area contributed by atoms with Crippen molar-refractivity contribution in [3.05, 3.63) is 48.6 Å². The monoisotopic (exact) mass is 883 g/mol. The van der Waals surface area contributed by atoms with E-state index in [0.29, 0.717) is 19.3 Å². The number of ether oxygens (including phenoxy) is 3. The minimum absolute atomic E-state index is 0.0775. The summed E-state index contributed by atoms with van der Waals surface area (Å²) < 4.78 is 16.7. The van der Waals surface area contributed by atoms with Crippen LogP contribution in [0.3, 0.4) is 0 Å². The van der Waals surface area contributed by atoms with Gasteiger partial charge >= 0.3 is 17.9 Å². The number of hydrogen-bond acceptors (Lipinski definition) is 6. The molecule has 0 N–H and O–H groups in total. The van der Waals surface area contributed by atoms with E-state index in [9.17, 15) is 14.4 Å². The fourth-order valence-electron chi connectivity index (χ4n) is 7.68. The summed E-state index contributed by atoms with van der Waals surface area (Å²) >= 11 is 0. The zero-order valence-corrected chi connectivity index (χ0v) is 41.8. The number of esters is 3. The highest BCUT2D eigenvalue weighted by atomic mass is 16.6. The zero-order chi connectivity index (χ0) is 45.8. The summed E-state index contributed by atoms with van der Waals surface area (Å²) in [5.74, 6) is -0.897. The lowest BCUT2D eigenvalue weighted by atomic mass is 10.1. The van der Waals surface area contributed by atoms with Crippen molar-refractivity contribution in [2.75, 3.05) is 13.2 Å². The third-order valence-electron chi connectivity index (χ3n) is 11.8. The van der Waals surface area contributed by atoms with Gasteiger partial charge in [0.1, 0.15) is 13.2 Å².